The first-order chi connectivity index (χ1) is 17.2. The summed E-state index contributed by atoms with van der Waals surface area (Å²) in [7, 11) is 0. The van der Waals surface area contributed by atoms with Crippen molar-refractivity contribution in [3.05, 3.63) is 58.7 Å². The standard InChI is InChI=1S/C15H19NO3.C11H11NO3.CH2Cl2/c1-10(2)18-12-6-7-13(11(8-12)9-16)14(17)19-15(3,4)5;1-7(2)15-9-3-4-10(11(13)14)8(5-9)6-12;2-1-3/h6-8,10H,1-5H3;3-5,7H,1-2H3,(H,13,14);1H2. The predicted octanol–water partition coefficient (Wildman–Crippen LogP) is 6.77. The van der Waals surface area contributed by atoms with Gasteiger partial charge in [-0.2, -0.15) is 10.5 Å². The third-order valence-corrected chi connectivity index (χ3v) is 3.82. The monoisotopic (exact) mass is 550 g/mol. The fraction of sp³-hybridized carbons (Fsp3) is 0.407. The number of benzene rings is 2. The van der Waals surface area contributed by atoms with Gasteiger partial charge in [-0.1, -0.05) is 0 Å². The van der Waals surface area contributed by atoms with Gasteiger partial charge in [-0.15, -0.1) is 23.2 Å². The number of ether oxygens (including phenoxy) is 3. The summed E-state index contributed by atoms with van der Waals surface area (Å²) in [6.07, 6.45) is 0.00569. The topological polar surface area (TPSA) is 130 Å². The number of hydrogen-bond acceptors (Lipinski definition) is 7. The zero-order chi connectivity index (χ0) is 28.8. The zero-order valence-corrected chi connectivity index (χ0v) is 23.5. The third-order valence-electron chi connectivity index (χ3n) is 3.82. The lowest BCUT2D eigenvalue weighted by molar-refractivity contribution is 0.00689. The minimum atomic E-state index is -1.11. The third kappa shape index (κ3) is 13.4. The Bertz CT molecular complexity index is 1130. The van der Waals surface area contributed by atoms with Crippen LogP contribution in [0, 0.1) is 22.7 Å². The van der Waals surface area contributed by atoms with Gasteiger partial charge in [-0.3, -0.25) is 0 Å². The molecular weight excluding hydrogens is 519 g/mol. The Labute approximate surface area is 228 Å². The van der Waals surface area contributed by atoms with Crippen LogP contribution in [0.2, 0.25) is 0 Å². The van der Waals surface area contributed by atoms with Gasteiger partial charge in [0.15, 0.2) is 0 Å². The summed E-state index contributed by atoms with van der Waals surface area (Å²) in [5.41, 5.74) is 0.0341. The number of nitrogens with zero attached hydrogens (tertiary/aromatic N) is 2. The average Bonchev–Trinajstić information content (AvgIpc) is 2.77. The number of nitriles is 2. The second-order valence-corrected chi connectivity index (χ2v) is 9.69. The number of aromatic carboxylic acids is 1. The van der Waals surface area contributed by atoms with Crippen molar-refractivity contribution in [3.8, 4) is 23.6 Å². The Kier molecular flexibility index (Phi) is 14.8. The van der Waals surface area contributed by atoms with E-state index in [-0.39, 0.29) is 39.8 Å². The number of esters is 1. The molecule has 8 nitrogen and oxygen atoms in total. The molecule has 0 heterocycles. The number of hydrogen-bond donors (Lipinski definition) is 1. The molecule has 10 heteroatoms. The Morgan fingerprint density at radius 3 is 1.57 bits per heavy atom. The highest BCUT2D eigenvalue weighted by atomic mass is 35.5. The van der Waals surface area contributed by atoms with Gasteiger partial charge in [0, 0.05) is 0 Å². The number of alkyl halides is 2. The molecule has 0 atom stereocenters. The maximum Gasteiger partial charge on any atom is 0.340 e. The molecular formula is C27H32Cl2N2O6. The summed E-state index contributed by atoms with van der Waals surface area (Å²) < 4.78 is 16.1. The van der Waals surface area contributed by atoms with Crippen LogP contribution >= 0.6 is 23.2 Å². The summed E-state index contributed by atoms with van der Waals surface area (Å²) >= 11 is 9.53. The molecule has 37 heavy (non-hydrogen) atoms. The van der Waals surface area contributed by atoms with Crippen LogP contribution in [0.4, 0.5) is 0 Å². The Morgan fingerprint density at radius 1 is 0.865 bits per heavy atom. The lowest BCUT2D eigenvalue weighted by atomic mass is 10.1. The van der Waals surface area contributed by atoms with Crippen molar-refractivity contribution >= 4 is 35.1 Å². The number of carbonyl (C=O) groups is 2. The van der Waals surface area contributed by atoms with E-state index in [0.717, 1.165) is 0 Å². The Morgan fingerprint density at radius 2 is 1.24 bits per heavy atom. The fourth-order valence-corrected chi connectivity index (χ4v) is 2.62. The molecule has 200 valence electrons. The predicted molar refractivity (Wildman–Crippen MR) is 143 cm³/mol. The Hall–Kier alpha value is -3.46. The molecule has 2 aromatic carbocycles. The van der Waals surface area contributed by atoms with E-state index in [4.69, 9.17) is 53.0 Å². The molecule has 0 radical (unpaired) electrons. The average molecular weight is 551 g/mol. The highest BCUT2D eigenvalue weighted by molar-refractivity contribution is 6.40. The van der Waals surface area contributed by atoms with Crippen molar-refractivity contribution in [3.63, 3.8) is 0 Å². The van der Waals surface area contributed by atoms with Crippen LogP contribution in [0.25, 0.3) is 0 Å². The number of carboxylic acids is 1. The van der Waals surface area contributed by atoms with Crippen LogP contribution in [0.15, 0.2) is 36.4 Å². The van der Waals surface area contributed by atoms with Crippen molar-refractivity contribution in [1.29, 1.82) is 10.5 Å². The molecule has 0 aliphatic heterocycles. The summed E-state index contributed by atoms with van der Waals surface area (Å²) in [6, 6.07) is 13.0. The van der Waals surface area contributed by atoms with Crippen molar-refractivity contribution < 1.29 is 28.9 Å². The molecule has 0 saturated heterocycles. The number of halogens is 2. The lowest BCUT2D eigenvalue weighted by Crippen LogP contribution is -2.24. The first-order valence-corrected chi connectivity index (χ1v) is 12.3. The van der Waals surface area contributed by atoms with E-state index >= 15 is 0 Å². The highest BCUT2D eigenvalue weighted by Crippen LogP contribution is 2.21. The number of carbonyl (C=O) groups excluding carboxylic acids is 1. The van der Waals surface area contributed by atoms with E-state index in [1.165, 1.54) is 12.1 Å². The van der Waals surface area contributed by atoms with Gasteiger partial charge in [0.25, 0.3) is 0 Å². The molecule has 0 aliphatic rings. The van der Waals surface area contributed by atoms with Crippen molar-refractivity contribution in [2.24, 2.45) is 0 Å². The molecule has 1 N–H and O–H groups in total. The van der Waals surface area contributed by atoms with Gasteiger partial charge in [0.05, 0.1) is 39.8 Å². The van der Waals surface area contributed by atoms with Crippen LogP contribution < -0.4 is 9.47 Å². The quantitative estimate of drug-likeness (QED) is 0.308. The second kappa shape index (κ2) is 16.3. The van der Waals surface area contributed by atoms with E-state index < -0.39 is 17.5 Å². The molecule has 0 bridgehead atoms. The molecule has 0 unspecified atom stereocenters. The number of carboxylic acid groups (broad SMARTS) is 1. The molecule has 0 fully saturated rings. The van der Waals surface area contributed by atoms with Gasteiger partial charge >= 0.3 is 11.9 Å². The van der Waals surface area contributed by atoms with Crippen LogP contribution in [0.5, 0.6) is 11.5 Å². The van der Waals surface area contributed by atoms with E-state index in [9.17, 15) is 9.59 Å². The van der Waals surface area contributed by atoms with E-state index in [1.807, 2.05) is 39.8 Å². The summed E-state index contributed by atoms with van der Waals surface area (Å²) in [4.78, 5) is 22.7. The van der Waals surface area contributed by atoms with Crippen LogP contribution in [0.3, 0.4) is 0 Å². The molecule has 0 saturated carbocycles. The maximum absolute atomic E-state index is 12.0. The largest absolute Gasteiger partial charge is 0.491 e. The van der Waals surface area contributed by atoms with Crippen LogP contribution in [0.1, 0.15) is 80.3 Å². The molecule has 0 aliphatic carbocycles. The zero-order valence-electron chi connectivity index (χ0n) is 22.0. The van der Waals surface area contributed by atoms with Gasteiger partial charge in [-0.05, 0) is 84.9 Å². The first kappa shape index (κ1) is 33.5. The van der Waals surface area contributed by atoms with Crippen molar-refractivity contribution in [1.82, 2.24) is 0 Å². The summed E-state index contributed by atoms with van der Waals surface area (Å²) in [5.74, 6) is -0.534. The molecule has 0 aromatic heterocycles. The normalized spacial score (nSPS) is 10.1. The van der Waals surface area contributed by atoms with Crippen molar-refractivity contribution in [2.45, 2.75) is 66.3 Å². The van der Waals surface area contributed by atoms with E-state index in [2.05, 4.69) is 0 Å². The number of rotatable bonds is 6. The van der Waals surface area contributed by atoms with E-state index in [0.29, 0.717) is 11.5 Å². The molecule has 2 aromatic rings. The SMILES string of the molecule is CC(C)Oc1ccc(C(=O)O)c(C#N)c1.CC(C)Oc1ccc(C(=O)OC(C)(C)C)c(C#N)c1.ClCCl. The smallest absolute Gasteiger partial charge is 0.340 e. The summed E-state index contributed by atoms with van der Waals surface area (Å²) in [6.45, 7) is 12.9. The minimum absolute atomic E-state index is 0.00592. The van der Waals surface area contributed by atoms with Crippen molar-refractivity contribution in [2.75, 3.05) is 5.34 Å². The second-order valence-electron chi connectivity index (χ2n) is 8.88. The van der Waals surface area contributed by atoms with Crippen LogP contribution in [-0.2, 0) is 4.74 Å². The minimum Gasteiger partial charge on any atom is -0.491 e. The summed E-state index contributed by atoms with van der Waals surface area (Å²) in [5, 5.41) is 26.8. The van der Waals surface area contributed by atoms with Gasteiger partial charge in [0.1, 0.15) is 29.2 Å². The molecule has 0 spiro atoms. The lowest BCUT2D eigenvalue weighted by Gasteiger charge is -2.20. The van der Waals surface area contributed by atoms with E-state index in [1.54, 1.807) is 45.0 Å². The maximum atomic E-state index is 12.0. The van der Waals surface area contributed by atoms with Gasteiger partial charge < -0.3 is 19.3 Å². The van der Waals surface area contributed by atoms with Gasteiger partial charge in [0.2, 0.25) is 0 Å². The molecule has 2 rings (SSSR count). The highest BCUT2D eigenvalue weighted by Gasteiger charge is 2.21. The first-order valence-electron chi connectivity index (χ1n) is 11.2. The molecule has 0 amide bonds. The fourth-order valence-electron chi connectivity index (χ4n) is 2.62. The van der Waals surface area contributed by atoms with Crippen LogP contribution in [-0.4, -0.2) is 40.2 Å². The van der Waals surface area contributed by atoms with Gasteiger partial charge in [-0.25, -0.2) is 9.59 Å². The Balaban J connectivity index is 0.000000647.